The molecule has 32 heavy (non-hydrogen) atoms. The summed E-state index contributed by atoms with van der Waals surface area (Å²) in [7, 11) is 0. The highest BCUT2D eigenvalue weighted by Crippen LogP contribution is 2.32. The third-order valence-corrected chi connectivity index (χ3v) is 9.25. The van der Waals surface area contributed by atoms with Crippen LogP contribution in [0.2, 0.25) is 0 Å². The molecule has 0 radical (unpaired) electrons. The Morgan fingerprint density at radius 2 is 1.03 bits per heavy atom. The van der Waals surface area contributed by atoms with E-state index in [0.29, 0.717) is 0 Å². The summed E-state index contributed by atoms with van der Waals surface area (Å²) < 4.78 is 20.1. The largest absolute Gasteiger partial charge is 0.379 e. The van der Waals surface area contributed by atoms with Crippen LogP contribution in [0, 0.1) is 0 Å². The monoisotopic (exact) mass is 504 g/mol. The number of aromatic nitrogens is 2. The van der Waals surface area contributed by atoms with E-state index >= 15 is 0 Å². The number of benzene rings is 2. The highest BCUT2D eigenvalue weighted by atomic mass is 32.2. The first kappa shape index (κ1) is 22.5. The van der Waals surface area contributed by atoms with Gasteiger partial charge in [-0.3, -0.25) is 0 Å². The Morgan fingerprint density at radius 1 is 0.625 bits per heavy atom. The van der Waals surface area contributed by atoms with E-state index < -0.39 is 0 Å². The molecule has 0 bridgehead atoms. The zero-order valence-electron chi connectivity index (χ0n) is 17.5. The maximum atomic E-state index is 5.32. The van der Waals surface area contributed by atoms with E-state index in [2.05, 4.69) is 55.0 Å². The van der Waals surface area contributed by atoms with Gasteiger partial charge < -0.3 is 9.47 Å². The van der Waals surface area contributed by atoms with Gasteiger partial charge in [0, 0.05) is 26.2 Å². The van der Waals surface area contributed by atoms with E-state index in [1.54, 1.807) is 46.6 Å². The molecule has 0 spiro atoms. The number of fused-ring (bicyclic) bond motifs is 2. The van der Waals surface area contributed by atoms with Gasteiger partial charge in [-0.2, -0.15) is 0 Å². The first-order chi connectivity index (χ1) is 15.8. The van der Waals surface area contributed by atoms with Crippen molar-refractivity contribution in [1.29, 1.82) is 0 Å². The molecule has 0 aliphatic carbocycles. The lowest BCUT2D eigenvalue weighted by atomic mass is 10.3. The molecular weight excluding hydrogens is 481 g/mol. The summed E-state index contributed by atoms with van der Waals surface area (Å²) in [5.74, 6) is 0. The summed E-state index contributed by atoms with van der Waals surface area (Å²) in [6.07, 6.45) is 0. The third kappa shape index (κ3) is 6.00. The smallest absolute Gasteiger partial charge is 0.166 e. The number of thiazole rings is 2. The van der Waals surface area contributed by atoms with Gasteiger partial charge in [-0.1, -0.05) is 24.3 Å². The van der Waals surface area contributed by atoms with E-state index in [-0.39, 0.29) is 0 Å². The quantitative estimate of drug-likeness (QED) is 0.348. The number of ether oxygens (including phenoxy) is 2. The normalized spacial score (nSPS) is 18.0. The lowest BCUT2D eigenvalue weighted by Gasteiger charge is -2.23. The molecule has 2 saturated heterocycles. The molecule has 10 heteroatoms. The van der Waals surface area contributed by atoms with E-state index in [0.717, 1.165) is 72.3 Å². The Kier molecular flexibility index (Phi) is 7.93. The molecule has 0 saturated carbocycles. The maximum Gasteiger partial charge on any atom is 0.166 e. The van der Waals surface area contributed by atoms with Crippen LogP contribution < -0.4 is 0 Å². The van der Waals surface area contributed by atoms with Crippen LogP contribution in [0.25, 0.3) is 20.4 Å². The predicted molar refractivity (Wildman–Crippen MR) is 136 cm³/mol. The van der Waals surface area contributed by atoms with Crippen molar-refractivity contribution in [3.05, 3.63) is 48.5 Å². The molecule has 4 aromatic rings. The Morgan fingerprint density at radius 3 is 1.44 bits per heavy atom. The summed E-state index contributed by atoms with van der Waals surface area (Å²) in [5, 5.41) is 0. The van der Waals surface area contributed by atoms with Crippen LogP contribution in [0.15, 0.2) is 57.2 Å². The van der Waals surface area contributed by atoms with Gasteiger partial charge in [-0.15, -0.1) is 22.7 Å². The maximum absolute atomic E-state index is 5.32. The average Bonchev–Trinajstić information content (AvgIpc) is 3.43. The lowest BCUT2D eigenvalue weighted by molar-refractivity contribution is 0.0773. The topological polar surface area (TPSA) is 50.7 Å². The SMILES string of the molecule is c1ccc2sc(SN3CCOCC3)nc2c1.c1ccc2sc(SN3CCOCC3)nc2c1. The zero-order valence-corrected chi connectivity index (χ0v) is 20.8. The lowest BCUT2D eigenvalue weighted by Crippen LogP contribution is -2.30. The van der Waals surface area contributed by atoms with Crippen LogP contribution in [0.3, 0.4) is 0 Å². The van der Waals surface area contributed by atoms with Crippen molar-refractivity contribution in [3.8, 4) is 0 Å². The summed E-state index contributed by atoms with van der Waals surface area (Å²) in [6.45, 7) is 7.27. The number of morpholine rings is 2. The number of rotatable bonds is 4. The summed E-state index contributed by atoms with van der Waals surface area (Å²) in [6, 6.07) is 16.6. The van der Waals surface area contributed by atoms with Crippen LogP contribution in [0.1, 0.15) is 0 Å². The number of hydrogen-bond donors (Lipinski definition) is 0. The fourth-order valence-corrected chi connectivity index (χ4v) is 7.52. The van der Waals surface area contributed by atoms with Gasteiger partial charge in [-0.05, 0) is 48.2 Å². The van der Waals surface area contributed by atoms with Gasteiger partial charge in [-0.25, -0.2) is 18.6 Å². The van der Waals surface area contributed by atoms with Crippen LogP contribution in [-0.4, -0.2) is 71.2 Å². The van der Waals surface area contributed by atoms with E-state index in [1.807, 2.05) is 12.1 Å². The van der Waals surface area contributed by atoms with Gasteiger partial charge in [0.05, 0.1) is 46.9 Å². The number of para-hydroxylation sites is 2. The van der Waals surface area contributed by atoms with Crippen LogP contribution in [0.4, 0.5) is 0 Å². The Labute approximate surface area is 204 Å². The molecule has 2 aromatic heterocycles. The fraction of sp³-hybridized carbons (Fsp3) is 0.364. The Bertz CT molecular complexity index is 983. The minimum Gasteiger partial charge on any atom is -0.379 e. The molecule has 4 heterocycles. The summed E-state index contributed by atoms with van der Waals surface area (Å²) in [4.78, 5) is 9.21. The molecule has 0 unspecified atom stereocenters. The molecular formula is C22H24N4O2S4. The standard InChI is InChI=1S/2C11H12N2OS2/c2*1-2-4-10-9(3-1)12-11(15-10)16-13-5-7-14-8-6-13/h2*1-4H,5-8H2. The van der Waals surface area contributed by atoms with E-state index in [4.69, 9.17) is 9.47 Å². The predicted octanol–water partition coefficient (Wildman–Crippen LogP) is 5.27. The van der Waals surface area contributed by atoms with Crippen molar-refractivity contribution in [2.75, 3.05) is 52.6 Å². The third-order valence-electron chi connectivity index (χ3n) is 4.90. The van der Waals surface area contributed by atoms with E-state index in [9.17, 15) is 0 Å². The van der Waals surface area contributed by atoms with Gasteiger partial charge in [0.25, 0.3) is 0 Å². The van der Waals surface area contributed by atoms with Gasteiger partial charge >= 0.3 is 0 Å². The molecule has 168 valence electrons. The summed E-state index contributed by atoms with van der Waals surface area (Å²) >= 11 is 7.02. The van der Waals surface area contributed by atoms with Crippen molar-refractivity contribution in [2.24, 2.45) is 0 Å². The molecule has 0 amide bonds. The van der Waals surface area contributed by atoms with Crippen molar-refractivity contribution in [2.45, 2.75) is 8.68 Å². The zero-order chi connectivity index (χ0) is 21.6. The molecule has 6 nitrogen and oxygen atoms in total. The number of hydrogen-bond acceptors (Lipinski definition) is 10. The Hall–Kier alpha value is -1.24. The first-order valence-electron chi connectivity index (χ1n) is 10.6. The van der Waals surface area contributed by atoms with Crippen molar-refractivity contribution in [3.63, 3.8) is 0 Å². The highest BCUT2D eigenvalue weighted by Gasteiger charge is 2.15. The molecule has 2 aliphatic heterocycles. The number of nitrogens with zero attached hydrogens (tertiary/aromatic N) is 4. The fourth-order valence-electron chi connectivity index (χ4n) is 3.28. The second kappa shape index (κ2) is 11.3. The molecule has 6 rings (SSSR count). The van der Waals surface area contributed by atoms with Crippen molar-refractivity contribution in [1.82, 2.24) is 18.6 Å². The van der Waals surface area contributed by atoms with Crippen LogP contribution >= 0.6 is 46.6 Å². The Balaban J connectivity index is 0.000000135. The van der Waals surface area contributed by atoms with Gasteiger partial charge in [0.2, 0.25) is 0 Å². The van der Waals surface area contributed by atoms with Gasteiger partial charge in [0.15, 0.2) is 8.68 Å². The average molecular weight is 505 g/mol. The van der Waals surface area contributed by atoms with Crippen LogP contribution in [-0.2, 0) is 9.47 Å². The molecule has 2 fully saturated rings. The molecule has 2 aliphatic rings. The summed E-state index contributed by atoms with van der Waals surface area (Å²) in [5.41, 5.74) is 2.20. The second-order valence-corrected chi connectivity index (χ2v) is 11.9. The van der Waals surface area contributed by atoms with Crippen molar-refractivity contribution >= 4 is 67.0 Å². The highest BCUT2D eigenvalue weighted by molar-refractivity contribution is 7.99. The van der Waals surface area contributed by atoms with Crippen LogP contribution in [0.5, 0.6) is 0 Å². The van der Waals surface area contributed by atoms with Crippen molar-refractivity contribution < 1.29 is 9.47 Å². The molecule has 2 aromatic carbocycles. The first-order valence-corrected chi connectivity index (χ1v) is 13.7. The van der Waals surface area contributed by atoms with Gasteiger partial charge in [0.1, 0.15) is 0 Å². The minimum atomic E-state index is 0.831. The minimum absolute atomic E-state index is 0.831. The molecule has 0 atom stereocenters. The second-order valence-electron chi connectivity index (χ2n) is 7.16. The van der Waals surface area contributed by atoms with E-state index in [1.165, 1.54) is 9.40 Å². The molecule has 0 N–H and O–H groups in total.